The van der Waals surface area contributed by atoms with Gasteiger partial charge in [-0.15, -0.1) is 11.6 Å². The van der Waals surface area contributed by atoms with Crippen molar-refractivity contribution in [3.8, 4) is 5.75 Å². The first-order chi connectivity index (χ1) is 7.19. The standard InChI is InChI=1S/C11H13BrClFO/c1-8-5-10(12)6-9(7-13)11(8)15-4-2-3-14/h5-6H,2-4,7H2,1H3. The Morgan fingerprint density at radius 2 is 2.20 bits per heavy atom. The maximum absolute atomic E-state index is 11.9. The van der Waals surface area contributed by atoms with E-state index in [-0.39, 0.29) is 6.67 Å². The lowest BCUT2D eigenvalue weighted by molar-refractivity contribution is 0.286. The molecule has 0 amide bonds. The van der Waals surface area contributed by atoms with E-state index in [1.165, 1.54) is 0 Å². The van der Waals surface area contributed by atoms with E-state index < -0.39 is 0 Å². The van der Waals surface area contributed by atoms with Gasteiger partial charge in [-0.25, -0.2) is 0 Å². The van der Waals surface area contributed by atoms with Crippen molar-refractivity contribution in [2.45, 2.75) is 19.2 Å². The summed E-state index contributed by atoms with van der Waals surface area (Å²) in [6.07, 6.45) is 0.414. The van der Waals surface area contributed by atoms with Crippen molar-refractivity contribution in [1.82, 2.24) is 0 Å². The molecule has 0 aliphatic carbocycles. The number of benzene rings is 1. The number of hydrogen-bond acceptors (Lipinski definition) is 1. The van der Waals surface area contributed by atoms with Crippen molar-refractivity contribution in [1.29, 1.82) is 0 Å². The van der Waals surface area contributed by atoms with Crippen molar-refractivity contribution in [2.75, 3.05) is 13.3 Å². The van der Waals surface area contributed by atoms with Crippen LogP contribution in [0, 0.1) is 6.92 Å². The van der Waals surface area contributed by atoms with Crippen LogP contribution < -0.4 is 4.74 Å². The second-order valence-corrected chi connectivity index (χ2v) is 4.42. The third-order valence-electron chi connectivity index (χ3n) is 1.98. The van der Waals surface area contributed by atoms with Crippen LogP contribution in [0.3, 0.4) is 0 Å². The van der Waals surface area contributed by atoms with Gasteiger partial charge in [0, 0.05) is 16.5 Å². The smallest absolute Gasteiger partial charge is 0.126 e. The third-order valence-corrected chi connectivity index (χ3v) is 2.73. The average molecular weight is 296 g/mol. The summed E-state index contributed by atoms with van der Waals surface area (Å²) in [5.74, 6) is 1.17. The van der Waals surface area contributed by atoms with Crippen molar-refractivity contribution >= 4 is 27.5 Å². The highest BCUT2D eigenvalue weighted by Gasteiger charge is 2.07. The van der Waals surface area contributed by atoms with Crippen LogP contribution >= 0.6 is 27.5 Å². The van der Waals surface area contributed by atoms with E-state index in [0.29, 0.717) is 18.9 Å². The molecule has 0 saturated carbocycles. The van der Waals surface area contributed by atoms with E-state index in [1.54, 1.807) is 0 Å². The van der Waals surface area contributed by atoms with Gasteiger partial charge in [-0.1, -0.05) is 15.9 Å². The van der Waals surface area contributed by atoms with Crippen molar-refractivity contribution < 1.29 is 9.13 Å². The summed E-state index contributed by atoms with van der Waals surface area (Å²) in [5, 5.41) is 0. The molecule has 0 N–H and O–H groups in total. The minimum Gasteiger partial charge on any atom is -0.493 e. The Hall–Kier alpha value is -0.280. The van der Waals surface area contributed by atoms with Crippen molar-refractivity contribution in [3.05, 3.63) is 27.7 Å². The molecule has 0 aliphatic rings. The Kier molecular flexibility index (Phi) is 5.40. The summed E-state index contributed by atoms with van der Waals surface area (Å²) in [6.45, 7) is 1.99. The molecule has 1 rings (SSSR count). The molecule has 4 heteroatoms. The summed E-state index contributed by atoms with van der Waals surface area (Å²) >= 11 is 9.21. The molecule has 15 heavy (non-hydrogen) atoms. The highest BCUT2D eigenvalue weighted by Crippen LogP contribution is 2.29. The van der Waals surface area contributed by atoms with Gasteiger partial charge in [0.2, 0.25) is 0 Å². The summed E-state index contributed by atoms with van der Waals surface area (Å²) in [6, 6.07) is 3.88. The molecule has 0 radical (unpaired) electrons. The molecule has 1 aromatic rings. The monoisotopic (exact) mass is 294 g/mol. The fourth-order valence-corrected chi connectivity index (χ4v) is 2.15. The van der Waals surface area contributed by atoms with Crippen molar-refractivity contribution in [2.24, 2.45) is 0 Å². The Bertz CT molecular complexity index is 331. The van der Waals surface area contributed by atoms with Gasteiger partial charge in [0.15, 0.2) is 0 Å². The van der Waals surface area contributed by atoms with E-state index >= 15 is 0 Å². The Morgan fingerprint density at radius 3 is 2.80 bits per heavy atom. The Balaban J connectivity index is 2.84. The predicted molar refractivity (Wildman–Crippen MR) is 64.5 cm³/mol. The van der Waals surface area contributed by atoms with Crippen LogP contribution in [0.4, 0.5) is 4.39 Å². The molecule has 84 valence electrons. The second kappa shape index (κ2) is 6.33. The zero-order valence-electron chi connectivity index (χ0n) is 8.53. The first-order valence-corrected chi connectivity index (χ1v) is 6.05. The average Bonchev–Trinajstić information content (AvgIpc) is 2.20. The minimum atomic E-state index is -0.355. The summed E-state index contributed by atoms with van der Waals surface area (Å²) < 4.78 is 18.4. The number of hydrogen-bond donors (Lipinski definition) is 0. The third kappa shape index (κ3) is 3.65. The molecule has 1 nitrogen and oxygen atoms in total. The Morgan fingerprint density at radius 1 is 1.47 bits per heavy atom. The van der Waals surface area contributed by atoms with Crippen LogP contribution in [0.1, 0.15) is 17.5 Å². The van der Waals surface area contributed by atoms with Gasteiger partial charge in [0.25, 0.3) is 0 Å². The highest BCUT2D eigenvalue weighted by molar-refractivity contribution is 9.10. The quantitative estimate of drug-likeness (QED) is 0.583. The zero-order valence-corrected chi connectivity index (χ0v) is 10.9. The number of aryl methyl sites for hydroxylation is 1. The largest absolute Gasteiger partial charge is 0.493 e. The molecule has 0 bridgehead atoms. The molecule has 0 fully saturated rings. The summed E-state index contributed by atoms with van der Waals surface area (Å²) in [5.41, 5.74) is 1.95. The van der Waals surface area contributed by atoms with Crippen LogP contribution in [0.15, 0.2) is 16.6 Å². The van der Waals surface area contributed by atoms with Gasteiger partial charge < -0.3 is 4.74 Å². The van der Waals surface area contributed by atoms with E-state index in [0.717, 1.165) is 21.3 Å². The maximum atomic E-state index is 11.9. The molecule has 0 unspecified atom stereocenters. The second-order valence-electron chi connectivity index (χ2n) is 3.24. The zero-order chi connectivity index (χ0) is 11.3. The van der Waals surface area contributed by atoms with Crippen LogP contribution in [-0.2, 0) is 5.88 Å². The maximum Gasteiger partial charge on any atom is 0.126 e. The summed E-state index contributed by atoms with van der Waals surface area (Å²) in [7, 11) is 0. The van der Waals surface area contributed by atoms with Gasteiger partial charge in [-0.3, -0.25) is 4.39 Å². The lowest BCUT2D eigenvalue weighted by Gasteiger charge is -2.12. The number of ether oxygens (including phenoxy) is 1. The molecule has 0 spiro atoms. The number of halogens is 3. The van der Waals surface area contributed by atoms with E-state index in [2.05, 4.69) is 15.9 Å². The van der Waals surface area contributed by atoms with Gasteiger partial charge in [0.1, 0.15) is 5.75 Å². The highest BCUT2D eigenvalue weighted by atomic mass is 79.9. The van der Waals surface area contributed by atoms with Crippen LogP contribution in [-0.4, -0.2) is 13.3 Å². The topological polar surface area (TPSA) is 9.23 Å². The van der Waals surface area contributed by atoms with Crippen LogP contribution in [0.25, 0.3) is 0 Å². The fourth-order valence-electron chi connectivity index (χ4n) is 1.33. The van der Waals surface area contributed by atoms with Gasteiger partial charge in [-0.05, 0) is 24.6 Å². The van der Waals surface area contributed by atoms with Gasteiger partial charge >= 0.3 is 0 Å². The number of rotatable bonds is 5. The summed E-state index contributed by atoms with van der Waals surface area (Å²) in [4.78, 5) is 0. The first kappa shape index (κ1) is 12.8. The van der Waals surface area contributed by atoms with Crippen LogP contribution in [0.5, 0.6) is 5.75 Å². The Labute approximate surface area is 103 Å². The number of alkyl halides is 2. The SMILES string of the molecule is Cc1cc(Br)cc(CCl)c1OCCCF. The minimum absolute atomic E-state index is 0.355. The molecular formula is C11H13BrClFO. The first-order valence-electron chi connectivity index (χ1n) is 4.72. The van der Waals surface area contributed by atoms with Gasteiger partial charge in [0.05, 0.1) is 19.2 Å². The molecule has 0 aromatic heterocycles. The van der Waals surface area contributed by atoms with Crippen molar-refractivity contribution in [3.63, 3.8) is 0 Å². The molecular weight excluding hydrogens is 282 g/mol. The van der Waals surface area contributed by atoms with E-state index in [1.807, 2.05) is 19.1 Å². The van der Waals surface area contributed by atoms with Gasteiger partial charge in [-0.2, -0.15) is 0 Å². The van der Waals surface area contributed by atoms with E-state index in [4.69, 9.17) is 16.3 Å². The normalized spacial score (nSPS) is 10.4. The lowest BCUT2D eigenvalue weighted by Crippen LogP contribution is -2.02. The van der Waals surface area contributed by atoms with Crippen LogP contribution in [0.2, 0.25) is 0 Å². The van der Waals surface area contributed by atoms with E-state index in [9.17, 15) is 4.39 Å². The predicted octanol–water partition coefficient (Wildman–Crippen LogP) is 4.23. The molecule has 0 saturated heterocycles. The fraction of sp³-hybridized carbons (Fsp3) is 0.455. The molecule has 0 heterocycles. The lowest BCUT2D eigenvalue weighted by atomic mass is 10.1. The molecule has 0 aliphatic heterocycles. The molecule has 1 aromatic carbocycles. The molecule has 0 atom stereocenters.